The summed E-state index contributed by atoms with van der Waals surface area (Å²) in [5.74, 6) is -0.874. The molecule has 0 aliphatic rings. The summed E-state index contributed by atoms with van der Waals surface area (Å²) in [7, 11) is 0. The van der Waals surface area contributed by atoms with Gasteiger partial charge in [0.1, 0.15) is 0 Å². The van der Waals surface area contributed by atoms with E-state index in [-0.39, 0.29) is 5.91 Å². The maximum atomic E-state index is 13.0. The number of rotatable bonds is 4. The van der Waals surface area contributed by atoms with E-state index in [9.17, 15) is 9.59 Å². The van der Waals surface area contributed by atoms with Crippen LogP contribution in [0.2, 0.25) is 0 Å². The first-order valence-electron chi connectivity index (χ1n) is 8.91. The third-order valence-electron chi connectivity index (χ3n) is 4.08. The quantitative estimate of drug-likeness (QED) is 0.688. The van der Waals surface area contributed by atoms with Crippen molar-refractivity contribution in [2.45, 2.75) is 32.4 Å². The molecule has 0 aromatic heterocycles. The number of benzene rings is 3. The molecular weight excluding hydrogens is 338 g/mol. The van der Waals surface area contributed by atoms with Gasteiger partial charge in [0.05, 0.1) is 5.56 Å². The van der Waals surface area contributed by atoms with Gasteiger partial charge in [-0.15, -0.1) is 0 Å². The van der Waals surface area contributed by atoms with E-state index < -0.39 is 17.6 Å². The third kappa shape index (κ3) is 4.53. The summed E-state index contributed by atoms with van der Waals surface area (Å²) in [5, 5.41) is 4.79. The Morgan fingerprint density at radius 1 is 0.852 bits per heavy atom. The minimum atomic E-state index is -1.04. The molecule has 0 spiro atoms. The van der Waals surface area contributed by atoms with Crippen LogP contribution in [0.4, 0.5) is 0 Å². The summed E-state index contributed by atoms with van der Waals surface area (Å²) in [4.78, 5) is 25.6. The molecule has 0 aliphatic heterocycles. The molecule has 0 aliphatic carbocycles. The number of fused-ring (bicyclic) bond motifs is 1. The predicted molar refractivity (Wildman–Crippen MR) is 106 cm³/mol. The number of hydrogen-bond donors (Lipinski definition) is 1. The molecule has 0 radical (unpaired) electrons. The Balaban J connectivity index is 2.02. The Bertz CT molecular complexity index is 953. The van der Waals surface area contributed by atoms with Crippen LogP contribution < -0.4 is 5.32 Å². The molecule has 27 heavy (non-hydrogen) atoms. The van der Waals surface area contributed by atoms with Crippen LogP contribution >= 0.6 is 0 Å². The van der Waals surface area contributed by atoms with E-state index in [4.69, 9.17) is 4.74 Å². The molecule has 0 fully saturated rings. The molecule has 1 unspecified atom stereocenters. The van der Waals surface area contributed by atoms with Crippen LogP contribution in [-0.4, -0.2) is 17.4 Å². The van der Waals surface area contributed by atoms with E-state index in [1.807, 2.05) is 69.3 Å². The molecule has 4 heteroatoms. The smallest absolute Gasteiger partial charge is 0.339 e. The first kappa shape index (κ1) is 18.6. The number of ether oxygens (including phenoxy) is 1. The summed E-state index contributed by atoms with van der Waals surface area (Å²) in [6.45, 7) is 5.68. The molecule has 0 saturated carbocycles. The lowest BCUT2D eigenvalue weighted by Gasteiger charge is -2.25. The van der Waals surface area contributed by atoms with E-state index >= 15 is 0 Å². The highest BCUT2D eigenvalue weighted by atomic mass is 16.5. The lowest BCUT2D eigenvalue weighted by Crippen LogP contribution is -2.44. The van der Waals surface area contributed by atoms with Crippen LogP contribution in [0, 0.1) is 0 Å². The minimum absolute atomic E-state index is 0.344. The van der Waals surface area contributed by atoms with E-state index in [0.717, 1.165) is 10.8 Å². The molecule has 3 aromatic carbocycles. The largest absolute Gasteiger partial charge is 0.444 e. The molecule has 138 valence electrons. The average Bonchev–Trinajstić information content (AvgIpc) is 2.65. The van der Waals surface area contributed by atoms with Crippen LogP contribution in [0.15, 0.2) is 72.8 Å². The van der Waals surface area contributed by atoms with Gasteiger partial charge >= 0.3 is 5.97 Å². The highest BCUT2D eigenvalue weighted by Crippen LogP contribution is 2.28. The first-order chi connectivity index (χ1) is 12.8. The number of nitrogens with one attached hydrogen (secondary N) is 1. The van der Waals surface area contributed by atoms with Crippen molar-refractivity contribution in [3.63, 3.8) is 0 Å². The van der Waals surface area contributed by atoms with E-state index in [0.29, 0.717) is 11.1 Å². The van der Waals surface area contributed by atoms with Crippen LogP contribution in [0.3, 0.4) is 0 Å². The zero-order chi connectivity index (χ0) is 19.4. The van der Waals surface area contributed by atoms with Gasteiger partial charge in [0, 0.05) is 11.1 Å². The Morgan fingerprint density at radius 3 is 2.19 bits per heavy atom. The van der Waals surface area contributed by atoms with Crippen molar-refractivity contribution in [1.29, 1.82) is 0 Å². The molecule has 3 aromatic rings. The van der Waals surface area contributed by atoms with Crippen molar-refractivity contribution in [1.82, 2.24) is 5.32 Å². The third-order valence-corrected chi connectivity index (χ3v) is 4.08. The summed E-state index contributed by atoms with van der Waals surface area (Å²) in [6.07, 6.45) is -1.04. The van der Waals surface area contributed by atoms with Gasteiger partial charge in [0.25, 0.3) is 5.91 Å². The van der Waals surface area contributed by atoms with Crippen molar-refractivity contribution in [3.05, 3.63) is 83.9 Å². The van der Waals surface area contributed by atoms with Gasteiger partial charge in [0.2, 0.25) is 6.10 Å². The lowest BCUT2D eigenvalue weighted by atomic mass is 9.98. The normalized spacial score (nSPS) is 12.4. The van der Waals surface area contributed by atoms with Crippen LogP contribution in [0.1, 0.15) is 42.8 Å². The Hall–Kier alpha value is -3.14. The Morgan fingerprint density at radius 2 is 1.48 bits per heavy atom. The van der Waals surface area contributed by atoms with Crippen molar-refractivity contribution in [3.8, 4) is 0 Å². The lowest BCUT2D eigenvalue weighted by molar-refractivity contribution is -0.131. The molecule has 1 N–H and O–H groups in total. The van der Waals surface area contributed by atoms with Crippen molar-refractivity contribution in [2.75, 3.05) is 0 Å². The molecule has 1 amide bonds. The topological polar surface area (TPSA) is 55.4 Å². The summed E-state index contributed by atoms with van der Waals surface area (Å²) in [5.41, 5.74) is 0.629. The van der Waals surface area contributed by atoms with E-state index in [1.165, 1.54) is 0 Å². The first-order valence-corrected chi connectivity index (χ1v) is 8.91. The fourth-order valence-corrected chi connectivity index (χ4v) is 2.92. The number of carbonyl (C=O) groups excluding carboxylic acids is 2. The van der Waals surface area contributed by atoms with Gasteiger partial charge in [-0.25, -0.2) is 4.79 Å². The van der Waals surface area contributed by atoms with Crippen molar-refractivity contribution in [2.24, 2.45) is 0 Å². The van der Waals surface area contributed by atoms with E-state index in [2.05, 4.69) is 5.32 Å². The molecule has 0 bridgehead atoms. The van der Waals surface area contributed by atoms with Crippen LogP contribution in [0.25, 0.3) is 10.8 Å². The van der Waals surface area contributed by atoms with Crippen molar-refractivity contribution >= 4 is 22.6 Å². The predicted octanol–water partition coefficient (Wildman–Crippen LogP) is 4.65. The van der Waals surface area contributed by atoms with Crippen molar-refractivity contribution < 1.29 is 14.3 Å². The minimum Gasteiger partial charge on any atom is -0.444 e. The number of esters is 1. The molecule has 4 nitrogen and oxygen atoms in total. The number of hydrogen-bond acceptors (Lipinski definition) is 3. The van der Waals surface area contributed by atoms with Crippen LogP contribution in [0.5, 0.6) is 0 Å². The second kappa shape index (κ2) is 7.62. The zero-order valence-corrected chi connectivity index (χ0v) is 15.7. The van der Waals surface area contributed by atoms with Gasteiger partial charge in [-0.2, -0.15) is 0 Å². The SMILES string of the molecule is CC(C)(C)NC(=O)C(OC(=O)c1ccccc1)c1cccc2ccccc12. The van der Waals surface area contributed by atoms with E-state index in [1.54, 1.807) is 24.3 Å². The number of carbonyl (C=O) groups is 2. The molecular formula is C23H23NO3. The van der Waals surface area contributed by atoms with Gasteiger partial charge in [-0.1, -0.05) is 60.7 Å². The second-order valence-corrected chi connectivity index (χ2v) is 7.46. The highest BCUT2D eigenvalue weighted by Gasteiger charge is 2.29. The van der Waals surface area contributed by atoms with Gasteiger partial charge in [-0.3, -0.25) is 4.79 Å². The monoisotopic (exact) mass is 361 g/mol. The molecule has 0 saturated heterocycles. The Kier molecular flexibility index (Phi) is 5.26. The fourth-order valence-electron chi connectivity index (χ4n) is 2.92. The highest BCUT2D eigenvalue weighted by molar-refractivity contribution is 5.96. The van der Waals surface area contributed by atoms with Gasteiger partial charge < -0.3 is 10.1 Å². The fraction of sp³-hybridized carbons (Fsp3) is 0.217. The summed E-state index contributed by atoms with van der Waals surface area (Å²) >= 11 is 0. The molecule has 0 heterocycles. The second-order valence-electron chi connectivity index (χ2n) is 7.46. The van der Waals surface area contributed by atoms with Crippen LogP contribution in [-0.2, 0) is 9.53 Å². The summed E-state index contributed by atoms with van der Waals surface area (Å²) in [6, 6.07) is 22.1. The zero-order valence-electron chi connectivity index (χ0n) is 15.7. The maximum Gasteiger partial charge on any atom is 0.339 e. The van der Waals surface area contributed by atoms with Gasteiger partial charge in [0.15, 0.2) is 0 Å². The Labute approximate surface area is 159 Å². The maximum absolute atomic E-state index is 13.0. The molecule has 3 rings (SSSR count). The average molecular weight is 361 g/mol. The molecule has 1 atom stereocenters. The standard InChI is InChI=1S/C23H23NO3/c1-23(2,3)24-21(25)20(27-22(26)17-11-5-4-6-12-17)19-15-9-13-16-10-7-8-14-18(16)19/h4-15,20H,1-3H3,(H,24,25). The summed E-state index contributed by atoms with van der Waals surface area (Å²) < 4.78 is 5.69. The van der Waals surface area contributed by atoms with Gasteiger partial charge in [-0.05, 0) is 43.7 Å². The number of amides is 1.